The van der Waals surface area contributed by atoms with Gasteiger partial charge in [0.05, 0.1) is 5.75 Å². The van der Waals surface area contributed by atoms with E-state index in [4.69, 9.17) is 0 Å². The topological polar surface area (TPSA) is 64.8 Å². The minimum Gasteiger partial charge on any atom is -0.295 e. The van der Waals surface area contributed by atoms with Crippen LogP contribution in [0.2, 0.25) is 0 Å². The number of hydrogen-bond acceptors (Lipinski definition) is 4. The molecule has 114 valence electrons. The van der Waals surface area contributed by atoms with Gasteiger partial charge in [0.1, 0.15) is 16.7 Å². The van der Waals surface area contributed by atoms with E-state index in [9.17, 15) is 8.42 Å². The molecule has 0 N–H and O–H groups in total. The smallest absolute Gasteiger partial charge is 0.171 e. The average molecular weight is 307 g/mol. The van der Waals surface area contributed by atoms with Crippen LogP contribution in [0.3, 0.4) is 0 Å². The lowest BCUT2D eigenvalue weighted by atomic mass is 10.1. The predicted molar refractivity (Wildman–Crippen MR) is 82.7 cm³/mol. The van der Waals surface area contributed by atoms with Gasteiger partial charge in [-0.1, -0.05) is 13.8 Å². The Labute approximate surface area is 125 Å². The molecule has 1 unspecified atom stereocenters. The number of fused-ring (bicyclic) bond motifs is 1. The number of rotatable bonds is 3. The minimum absolute atomic E-state index is 0.269. The minimum atomic E-state index is -3.11. The Morgan fingerprint density at radius 2 is 2.19 bits per heavy atom. The monoisotopic (exact) mass is 307 g/mol. The molecule has 0 aromatic carbocycles. The quantitative estimate of drug-likeness (QED) is 0.874. The fraction of sp³-hybridized carbons (Fsp3) is 0.600. The molecule has 0 spiro atoms. The number of pyridine rings is 1. The van der Waals surface area contributed by atoms with Crippen LogP contribution in [0, 0.1) is 5.92 Å². The Morgan fingerprint density at radius 3 is 2.90 bits per heavy atom. The summed E-state index contributed by atoms with van der Waals surface area (Å²) in [6, 6.07) is 3.74. The van der Waals surface area contributed by atoms with E-state index in [0.717, 1.165) is 30.6 Å². The molecule has 2 aromatic rings. The molecule has 0 bridgehead atoms. The molecule has 0 amide bonds. The molecule has 0 aliphatic carbocycles. The van der Waals surface area contributed by atoms with Crippen LogP contribution in [-0.4, -0.2) is 28.7 Å². The highest BCUT2D eigenvalue weighted by atomic mass is 32.2. The lowest BCUT2D eigenvalue weighted by Gasteiger charge is -2.25. The van der Waals surface area contributed by atoms with Crippen molar-refractivity contribution in [3.8, 4) is 0 Å². The van der Waals surface area contributed by atoms with E-state index in [0.29, 0.717) is 18.0 Å². The van der Waals surface area contributed by atoms with Gasteiger partial charge in [-0.2, -0.15) is 0 Å². The maximum atomic E-state index is 12.5. The SMILES string of the molecule is CC(C)Cc1nc2cccnc2n1C1CCCCS1(=O)=O. The van der Waals surface area contributed by atoms with E-state index in [2.05, 4.69) is 23.8 Å². The van der Waals surface area contributed by atoms with Crippen molar-refractivity contribution in [3.05, 3.63) is 24.2 Å². The molecule has 21 heavy (non-hydrogen) atoms. The molecular weight excluding hydrogens is 286 g/mol. The first kappa shape index (κ1) is 14.5. The molecule has 1 aliphatic heterocycles. The largest absolute Gasteiger partial charge is 0.295 e. The van der Waals surface area contributed by atoms with Gasteiger partial charge in [0.25, 0.3) is 0 Å². The van der Waals surface area contributed by atoms with Crippen molar-refractivity contribution in [2.45, 2.75) is 44.9 Å². The maximum absolute atomic E-state index is 12.5. The van der Waals surface area contributed by atoms with Crippen molar-refractivity contribution >= 4 is 21.0 Å². The van der Waals surface area contributed by atoms with Crippen molar-refractivity contribution in [2.75, 3.05) is 5.75 Å². The maximum Gasteiger partial charge on any atom is 0.171 e. The molecule has 3 heterocycles. The van der Waals surface area contributed by atoms with Crippen LogP contribution in [0.4, 0.5) is 0 Å². The Hall–Kier alpha value is -1.43. The zero-order valence-corrected chi connectivity index (χ0v) is 13.3. The van der Waals surface area contributed by atoms with Crippen molar-refractivity contribution in [2.24, 2.45) is 5.92 Å². The summed E-state index contributed by atoms with van der Waals surface area (Å²) in [5.41, 5.74) is 1.48. The lowest BCUT2D eigenvalue weighted by molar-refractivity contribution is 0.477. The van der Waals surface area contributed by atoms with Crippen LogP contribution in [-0.2, 0) is 16.3 Å². The Balaban J connectivity index is 2.19. The standard InChI is InChI=1S/C15H21N3O2S/c1-11(2)10-13-17-12-6-5-8-16-15(12)18(13)14-7-3-4-9-21(14,19)20/h5-6,8,11,14H,3-4,7,9-10H2,1-2H3. The van der Waals surface area contributed by atoms with E-state index in [1.165, 1.54) is 0 Å². The highest BCUT2D eigenvalue weighted by Crippen LogP contribution is 2.33. The number of aromatic nitrogens is 3. The van der Waals surface area contributed by atoms with Gasteiger partial charge in [-0.15, -0.1) is 0 Å². The van der Waals surface area contributed by atoms with Crippen LogP contribution < -0.4 is 0 Å². The molecule has 0 saturated carbocycles. The van der Waals surface area contributed by atoms with Crippen molar-refractivity contribution in [1.29, 1.82) is 0 Å². The van der Waals surface area contributed by atoms with Gasteiger partial charge in [0, 0.05) is 12.6 Å². The third-order valence-corrected chi connectivity index (χ3v) is 6.08. The van der Waals surface area contributed by atoms with Crippen LogP contribution in [0.1, 0.15) is 44.3 Å². The van der Waals surface area contributed by atoms with E-state index < -0.39 is 15.2 Å². The molecule has 1 saturated heterocycles. The zero-order valence-electron chi connectivity index (χ0n) is 12.5. The molecular formula is C15H21N3O2S. The summed E-state index contributed by atoms with van der Waals surface area (Å²) in [6.45, 7) is 4.24. The summed E-state index contributed by atoms with van der Waals surface area (Å²) in [5.74, 6) is 1.53. The van der Waals surface area contributed by atoms with Crippen LogP contribution in [0.5, 0.6) is 0 Å². The third kappa shape index (κ3) is 2.69. The summed E-state index contributed by atoms with van der Waals surface area (Å²) in [4.78, 5) is 9.02. The number of sulfone groups is 1. The van der Waals surface area contributed by atoms with Gasteiger partial charge in [-0.3, -0.25) is 4.57 Å². The number of imidazole rings is 1. The molecule has 1 atom stereocenters. The second-order valence-electron chi connectivity index (χ2n) is 6.16. The molecule has 1 fully saturated rings. The molecule has 3 rings (SSSR count). The fourth-order valence-corrected chi connectivity index (χ4v) is 4.96. The third-order valence-electron chi connectivity index (χ3n) is 3.95. The molecule has 6 heteroatoms. The van der Waals surface area contributed by atoms with Gasteiger partial charge in [0.2, 0.25) is 0 Å². The van der Waals surface area contributed by atoms with Gasteiger partial charge >= 0.3 is 0 Å². The van der Waals surface area contributed by atoms with Crippen LogP contribution in [0.25, 0.3) is 11.2 Å². The Bertz CT molecular complexity index is 749. The first-order chi connectivity index (χ1) is 9.99. The van der Waals surface area contributed by atoms with Crippen molar-refractivity contribution in [1.82, 2.24) is 14.5 Å². The summed E-state index contributed by atoms with van der Waals surface area (Å²) in [5, 5.41) is -0.500. The second kappa shape index (κ2) is 5.40. The zero-order chi connectivity index (χ0) is 15.0. The molecule has 5 nitrogen and oxygen atoms in total. The highest BCUT2D eigenvalue weighted by Gasteiger charge is 2.33. The summed E-state index contributed by atoms with van der Waals surface area (Å²) in [6.07, 6.45) is 4.84. The molecule has 1 aliphatic rings. The van der Waals surface area contributed by atoms with Gasteiger partial charge < -0.3 is 0 Å². The van der Waals surface area contributed by atoms with Gasteiger partial charge in [-0.05, 0) is 37.3 Å². The van der Waals surface area contributed by atoms with E-state index in [-0.39, 0.29) is 5.75 Å². The normalized spacial score (nSPS) is 22.0. The summed E-state index contributed by atoms with van der Waals surface area (Å²) >= 11 is 0. The van der Waals surface area contributed by atoms with Gasteiger partial charge in [0.15, 0.2) is 15.5 Å². The lowest BCUT2D eigenvalue weighted by Crippen LogP contribution is -2.28. The van der Waals surface area contributed by atoms with E-state index >= 15 is 0 Å². The summed E-state index contributed by atoms with van der Waals surface area (Å²) < 4.78 is 26.8. The number of hydrogen-bond donors (Lipinski definition) is 0. The van der Waals surface area contributed by atoms with Crippen LogP contribution in [0.15, 0.2) is 18.3 Å². The van der Waals surface area contributed by atoms with E-state index in [1.807, 2.05) is 16.7 Å². The van der Waals surface area contributed by atoms with Crippen LogP contribution >= 0.6 is 0 Å². The van der Waals surface area contributed by atoms with Gasteiger partial charge in [-0.25, -0.2) is 18.4 Å². The average Bonchev–Trinajstić information content (AvgIpc) is 2.75. The van der Waals surface area contributed by atoms with Crippen molar-refractivity contribution < 1.29 is 8.42 Å². The fourth-order valence-electron chi connectivity index (χ4n) is 3.02. The molecule has 2 aromatic heterocycles. The Morgan fingerprint density at radius 1 is 1.38 bits per heavy atom. The van der Waals surface area contributed by atoms with E-state index in [1.54, 1.807) is 6.20 Å². The molecule has 0 radical (unpaired) electrons. The first-order valence-corrected chi connectivity index (χ1v) is 9.24. The van der Waals surface area contributed by atoms with Crippen molar-refractivity contribution in [3.63, 3.8) is 0 Å². The summed E-state index contributed by atoms with van der Waals surface area (Å²) in [7, 11) is -3.11. The Kier molecular flexibility index (Phi) is 3.73. The number of nitrogens with zero attached hydrogens (tertiary/aromatic N) is 3. The highest BCUT2D eigenvalue weighted by molar-refractivity contribution is 7.91. The predicted octanol–water partition coefficient (Wildman–Crippen LogP) is 2.73. The second-order valence-corrected chi connectivity index (χ2v) is 8.44. The first-order valence-electron chi connectivity index (χ1n) is 7.52.